The second-order valence-electron chi connectivity index (χ2n) is 3.33. The van der Waals surface area contributed by atoms with E-state index in [0.717, 1.165) is 18.7 Å². The van der Waals surface area contributed by atoms with E-state index in [1.54, 1.807) is 18.5 Å². The molecule has 0 bridgehead atoms. The van der Waals surface area contributed by atoms with Crippen molar-refractivity contribution >= 4 is 0 Å². The van der Waals surface area contributed by atoms with E-state index in [1.807, 2.05) is 0 Å². The Kier molecular flexibility index (Phi) is 2.52. The summed E-state index contributed by atoms with van der Waals surface area (Å²) in [5, 5.41) is 0. The van der Waals surface area contributed by atoms with Gasteiger partial charge >= 0.3 is 0 Å². The van der Waals surface area contributed by atoms with Crippen molar-refractivity contribution in [1.29, 1.82) is 0 Å². The van der Waals surface area contributed by atoms with Crippen molar-refractivity contribution in [2.75, 3.05) is 0 Å². The van der Waals surface area contributed by atoms with Crippen molar-refractivity contribution in [2.45, 2.75) is 31.6 Å². The van der Waals surface area contributed by atoms with Crippen LogP contribution in [0.2, 0.25) is 0 Å². The molecule has 0 spiro atoms. The van der Waals surface area contributed by atoms with Crippen LogP contribution in [0.3, 0.4) is 0 Å². The summed E-state index contributed by atoms with van der Waals surface area (Å²) in [5.74, 6) is 0.739. The Bertz CT molecular complexity index is 259. The first-order chi connectivity index (χ1) is 6.34. The molecule has 1 aliphatic rings. The van der Waals surface area contributed by atoms with Crippen LogP contribution < -0.4 is 5.73 Å². The van der Waals surface area contributed by atoms with Crippen molar-refractivity contribution in [1.82, 2.24) is 9.97 Å². The minimum Gasteiger partial charge on any atom is -0.370 e. The molecule has 0 saturated heterocycles. The molecule has 1 fully saturated rings. The van der Waals surface area contributed by atoms with Gasteiger partial charge in [0.15, 0.2) is 5.82 Å². The molecule has 0 aromatic carbocycles. The molecule has 0 radical (unpaired) electrons. The molecule has 1 aromatic rings. The van der Waals surface area contributed by atoms with Crippen LogP contribution in [0.5, 0.6) is 0 Å². The highest BCUT2D eigenvalue weighted by molar-refractivity contribution is 4.88. The first-order valence-corrected chi connectivity index (χ1v) is 4.47. The van der Waals surface area contributed by atoms with Crippen LogP contribution in [0.4, 0.5) is 0 Å². The molecule has 1 heterocycles. The van der Waals surface area contributed by atoms with E-state index in [4.69, 9.17) is 10.5 Å². The van der Waals surface area contributed by atoms with Crippen LogP contribution in [0.25, 0.3) is 0 Å². The van der Waals surface area contributed by atoms with Gasteiger partial charge in [-0.25, -0.2) is 9.97 Å². The molecule has 1 aromatic heterocycles. The molecule has 70 valence electrons. The summed E-state index contributed by atoms with van der Waals surface area (Å²) in [6, 6.07) is 2.13. The van der Waals surface area contributed by atoms with Crippen LogP contribution in [0.1, 0.15) is 18.7 Å². The Hall–Kier alpha value is -1.00. The molecule has 4 nitrogen and oxygen atoms in total. The second-order valence-corrected chi connectivity index (χ2v) is 3.33. The lowest BCUT2D eigenvalue weighted by Crippen LogP contribution is -2.41. The Balaban J connectivity index is 1.74. The van der Waals surface area contributed by atoms with E-state index < -0.39 is 0 Å². The van der Waals surface area contributed by atoms with Crippen LogP contribution in [-0.2, 0) is 11.3 Å². The number of nitrogens with zero attached hydrogens (tertiary/aromatic N) is 2. The summed E-state index contributed by atoms with van der Waals surface area (Å²) in [7, 11) is 0. The second kappa shape index (κ2) is 3.81. The monoisotopic (exact) mass is 179 g/mol. The van der Waals surface area contributed by atoms with Gasteiger partial charge in [0.25, 0.3) is 0 Å². The van der Waals surface area contributed by atoms with Crippen LogP contribution in [0.15, 0.2) is 18.5 Å². The first-order valence-electron chi connectivity index (χ1n) is 4.47. The zero-order valence-electron chi connectivity index (χ0n) is 7.39. The molecule has 2 rings (SSSR count). The molecule has 13 heavy (non-hydrogen) atoms. The molecule has 0 atom stereocenters. The molecule has 0 aliphatic heterocycles. The lowest BCUT2D eigenvalue weighted by Gasteiger charge is -2.31. The van der Waals surface area contributed by atoms with E-state index in [2.05, 4.69) is 9.97 Å². The predicted molar refractivity (Wildman–Crippen MR) is 47.8 cm³/mol. The first kappa shape index (κ1) is 8.59. The van der Waals surface area contributed by atoms with Gasteiger partial charge in [0, 0.05) is 18.4 Å². The van der Waals surface area contributed by atoms with Gasteiger partial charge < -0.3 is 10.5 Å². The molecular weight excluding hydrogens is 166 g/mol. The van der Waals surface area contributed by atoms with Crippen molar-refractivity contribution in [3.63, 3.8) is 0 Å². The highest BCUT2D eigenvalue weighted by Gasteiger charge is 2.26. The summed E-state index contributed by atoms with van der Waals surface area (Å²) < 4.78 is 5.53. The Morgan fingerprint density at radius 1 is 1.38 bits per heavy atom. The minimum atomic E-state index is 0.318. The summed E-state index contributed by atoms with van der Waals surface area (Å²) in [6.45, 7) is 0.498. The van der Waals surface area contributed by atoms with Crippen molar-refractivity contribution in [3.8, 4) is 0 Å². The third-order valence-electron chi connectivity index (χ3n) is 2.20. The van der Waals surface area contributed by atoms with Crippen LogP contribution in [0, 0.1) is 0 Å². The molecular formula is C9H13N3O. The topological polar surface area (TPSA) is 61.0 Å². The van der Waals surface area contributed by atoms with Crippen molar-refractivity contribution in [3.05, 3.63) is 24.3 Å². The van der Waals surface area contributed by atoms with E-state index >= 15 is 0 Å². The van der Waals surface area contributed by atoms with Gasteiger partial charge in [-0.15, -0.1) is 0 Å². The predicted octanol–water partition coefficient (Wildman–Crippen LogP) is 0.483. The van der Waals surface area contributed by atoms with Gasteiger partial charge in [-0.2, -0.15) is 0 Å². The van der Waals surface area contributed by atoms with Crippen molar-refractivity contribution < 1.29 is 4.74 Å². The highest BCUT2D eigenvalue weighted by atomic mass is 16.5. The Morgan fingerprint density at radius 2 is 2.08 bits per heavy atom. The van der Waals surface area contributed by atoms with Gasteiger partial charge in [-0.1, -0.05) is 0 Å². The Labute approximate surface area is 77.1 Å². The SMILES string of the molecule is NC1CC(OCc2ncccn2)C1. The highest BCUT2D eigenvalue weighted by Crippen LogP contribution is 2.21. The standard InChI is InChI=1S/C9H13N3O/c10-7-4-8(5-7)13-6-9-11-2-1-3-12-9/h1-3,7-8H,4-6,10H2. The van der Waals surface area contributed by atoms with E-state index in [0.29, 0.717) is 18.8 Å². The average Bonchev–Trinajstić information content (AvgIpc) is 2.12. The number of hydrogen-bond donors (Lipinski definition) is 1. The maximum Gasteiger partial charge on any atom is 0.153 e. The smallest absolute Gasteiger partial charge is 0.153 e. The van der Waals surface area contributed by atoms with Crippen molar-refractivity contribution in [2.24, 2.45) is 5.73 Å². The zero-order valence-corrected chi connectivity index (χ0v) is 7.39. The number of nitrogens with two attached hydrogens (primary N) is 1. The van der Waals surface area contributed by atoms with E-state index in [9.17, 15) is 0 Å². The number of hydrogen-bond acceptors (Lipinski definition) is 4. The van der Waals surface area contributed by atoms with Gasteiger partial charge in [-0.05, 0) is 18.9 Å². The van der Waals surface area contributed by atoms with Gasteiger partial charge in [0.05, 0.1) is 6.10 Å². The lowest BCUT2D eigenvalue weighted by molar-refractivity contribution is -0.0216. The molecule has 0 amide bonds. The molecule has 2 N–H and O–H groups in total. The maximum atomic E-state index is 5.63. The molecule has 1 aliphatic carbocycles. The number of ether oxygens (including phenoxy) is 1. The number of rotatable bonds is 3. The average molecular weight is 179 g/mol. The molecule has 1 saturated carbocycles. The number of aromatic nitrogens is 2. The Morgan fingerprint density at radius 3 is 2.69 bits per heavy atom. The third kappa shape index (κ3) is 2.23. The minimum absolute atomic E-state index is 0.318. The van der Waals surface area contributed by atoms with E-state index in [1.165, 1.54) is 0 Å². The fourth-order valence-electron chi connectivity index (χ4n) is 1.34. The maximum absolute atomic E-state index is 5.63. The van der Waals surface area contributed by atoms with Gasteiger partial charge in [0.1, 0.15) is 6.61 Å². The van der Waals surface area contributed by atoms with E-state index in [-0.39, 0.29) is 0 Å². The largest absolute Gasteiger partial charge is 0.370 e. The van der Waals surface area contributed by atoms with Crippen LogP contribution >= 0.6 is 0 Å². The molecule has 4 heteroatoms. The summed E-state index contributed by atoms with van der Waals surface area (Å²) in [4.78, 5) is 8.12. The third-order valence-corrected chi connectivity index (χ3v) is 2.20. The fraction of sp³-hybridized carbons (Fsp3) is 0.556. The zero-order chi connectivity index (χ0) is 9.10. The van der Waals surface area contributed by atoms with Gasteiger partial charge in [0.2, 0.25) is 0 Å². The fourth-order valence-corrected chi connectivity index (χ4v) is 1.34. The van der Waals surface area contributed by atoms with Crippen LogP contribution in [-0.4, -0.2) is 22.1 Å². The quantitative estimate of drug-likeness (QED) is 0.733. The summed E-state index contributed by atoms with van der Waals surface area (Å²) >= 11 is 0. The molecule has 0 unspecified atom stereocenters. The normalized spacial score (nSPS) is 26.8. The summed E-state index contributed by atoms with van der Waals surface area (Å²) in [6.07, 6.45) is 5.69. The summed E-state index contributed by atoms with van der Waals surface area (Å²) in [5.41, 5.74) is 5.63. The lowest BCUT2D eigenvalue weighted by atomic mass is 9.90. The van der Waals surface area contributed by atoms with Gasteiger partial charge in [-0.3, -0.25) is 0 Å².